The van der Waals surface area contributed by atoms with Gasteiger partial charge in [-0.2, -0.15) is 0 Å². The number of aliphatic hydroxyl groups excluding tert-OH is 1. The summed E-state index contributed by atoms with van der Waals surface area (Å²) in [6, 6.07) is 6.61. The van der Waals surface area contributed by atoms with E-state index in [1.807, 2.05) is 6.07 Å². The third-order valence-corrected chi connectivity index (χ3v) is 3.41. The molecule has 1 aliphatic rings. The van der Waals surface area contributed by atoms with Crippen molar-refractivity contribution >= 4 is 5.69 Å². The highest BCUT2D eigenvalue weighted by molar-refractivity contribution is 5.60. The summed E-state index contributed by atoms with van der Waals surface area (Å²) in [7, 11) is 1.71. The molecule has 1 heterocycles. The number of nitrogens with one attached hydrogen (secondary N) is 1. The molecule has 0 aliphatic carbocycles. The van der Waals surface area contributed by atoms with Crippen LogP contribution in [0.3, 0.4) is 0 Å². The van der Waals surface area contributed by atoms with Gasteiger partial charge in [-0.15, -0.1) is 0 Å². The molecule has 1 atom stereocenters. The Balaban J connectivity index is 2.17. The molecule has 0 aromatic heterocycles. The Morgan fingerprint density at radius 1 is 1.50 bits per heavy atom. The van der Waals surface area contributed by atoms with Gasteiger partial charge in [-0.25, -0.2) is 0 Å². The predicted octanol–water partition coefficient (Wildman–Crippen LogP) is 1.16. The molecule has 0 spiro atoms. The molecule has 2 N–H and O–H groups in total. The van der Waals surface area contributed by atoms with E-state index in [1.54, 1.807) is 7.11 Å². The molecular weight excluding hydrogens is 228 g/mol. The van der Waals surface area contributed by atoms with E-state index in [9.17, 15) is 0 Å². The molecule has 0 amide bonds. The zero-order valence-corrected chi connectivity index (χ0v) is 11.1. The Hall–Kier alpha value is -1.26. The van der Waals surface area contributed by atoms with E-state index in [4.69, 9.17) is 9.84 Å². The van der Waals surface area contributed by atoms with Crippen LogP contribution in [0.5, 0.6) is 5.75 Å². The van der Waals surface area contributed by atoms with Crippen molar-refractivity contribution in [2.24, 2.45) is 0 Å². The second-order valence-corrected chi connectivity index (χ2v) is 4.78. The van der Waals surface area contributed by atoms with E-state index in [-0.39, 0.29) is 6.61 Å². The molecule has 4 heteroatoms. The lowest BCUT2D eigenvalue weighted by molar-refractivity contribution is 0.260. The van der Waals surface area contributed by atoms with Crippen LogP contribution in [0.2, 0.25) is 0 Å². The molecule has 0 saturated carbocycles. The van der Waals surface area contributed by atoms with Crippen LogP contribution >= 0.6 is 0 Å². The van der Waals surface area contributed by atoms with Gasteiger partial charge < -0.3 is 20.1 Å². The van der Waals surface area contributed by atoms with E-state index in [1.165, 1.54) is 5.56 Å². The van der Waals surface area contributed by atoms with Crippen LogP contribution in [-0.2, 0) is 0 Å². The Labute approximate surface area is 109 Å². The monoisotopic (exact) mass is 250 g/mol. The molecule has 2 rings (SSSR count). The van der Waals surface area contributed by atoms with Crippen molar-refractivity contribution in [3.63, 3.8) is 0 Å². The Morgan fingerprint density at radius 2 is 2.33 bits per heavy atom. The molecule has 1 unspecified atom stereocenters. The van der Waals surface area contributed by atoms with Crippen LogP contribution in [0.25, 0.3) is 0 Å². The lowest BCUT2D eigenvalue weighted by Crippen LogP contribution is -2.51. The number of rotatable bonds is 4. The number of nitrogens with zero attached hydrogens (tertiary/aromatic N) is 1. The number of ether oxygens (including phenoxy) is 1. The average Bonchev–Trinajstić information content (AvgIpc) is 2.39. The van der Waals surface area contributed by atoms with Gasteiger partial charge in [-0.05, 0) is 31.0 Å². The first-order valence-electron chi connectivity index (χ1n) is 6.48. The summed E-state index contributed by atoms with van der Waals surface area (Å²) in [5.41, 5.74) is 2.39. The van der Waals surface area contributed by atoms with Gasteiger partial charge in [-0.3, -0.25) is 0 Å². The van der Waals surface area contributed by atoms with Crippen LogP contribution in [0.15, 0.2) is 18.2 Å². The maximum atomic E-state index is 9.04. The minimum absolute atomic E-state index is 0.233. The summed E-state index contributed by atoms with van der Waals surface area (Å²) in [4.78, 5) is 2.34. The van der Waals surface area contributed by atoms with Crippen LogP contribution < -0.4 is 15.0 Å². The number of hydrogen-bond donors (Lipinski definition) is 2. The highest BCUT2D eigenvalue weighted by Gasteiger charge is 2.21. The minimum Gasteiger partial charge on any atom is -0.495 e. The molecule has 1 aromatic carbocycles. The smallest absolute Gasteiger partial charge is 0.142 e. The first-order chi connectivity index (χ1) is 8.74. The van der Waals surface area contributed by atoms with Gasteiger partial charge in [0.25, 0.3) is 0 Å². The zero-order chi connectivity index (χ0) is 13.0. The van der Waals surface area contributed by atoms with Crippen molar-refractivity contribution in [1.29, 1.82) is 0 Å². The lowest BCUT2D eigenvalue weighted by Gasteiger charge is -2.36. The molecule has 100 valence electrons. The number of aliphatic hydroxyl groups is 1. The number of methoxy groups -OCH3 is 1. The van der Waals surface area contributed by atoms with Gasteiger partial charge in [0.1, 0.15) is 5.75 Å². The minimum atomic E-state index is 0.233. The molecule has 1 fully saturated rings. The van der Waals surface area contributed by atoms with E-state index < -0.39 is 0 Å². The lowest BCUT2D eigenvalue weighted by atomic mass is 10.1. The second-order valence-electron chi connectivity index (χ2n) is 4.78. The normalized spacial score (nSPS) is 19.9. The van der Waals surface area contributed by atoms with Crippen molar-refractivity contribution in [2.45, 2.75) is 19.4 Å². The molecule has 1 aliphatic heterocycles. The van der Waals surface area contributed by atoms with E-state index in [0.717, 1.165) is 37.5 Å². The Kier molecular flexibility index (Phi) is 4.44. The Bertz CT molecular complexity index is 393. The second kappa shape index (κ2) is 6.07. The molecule has 1 saturated heterocycles. The van der Waals surface area contributed by atoms with Crippen molar-refractivity contribution in [2.75, 3.05) is 38.3 Å². The summed E-state index contributed by atoms with van der Waals surface area (Å²) < 4.78 is 5.44. The first-order valence-corrected chi connectivity index (χ1v) is 6.48. The van der Waals surface area contributed by atoms with Crippen molar-refractivity contribution in [3.8, 4) is 5.75 Å². The third-order valence-electron chi connectivity index (χ3n) is 3.41. The molecule has 0 radical (unpaired) electrons. The first kappa shape index (κ1) is 13.2. The fourth-order valence-corrected chi connectivity index (χ4v) is 2.44. The number of aryl methyl sites for hydroxylation is 1. The fourth-order valence-electron chi connectivity index (χ4n) is 2.44. The van der Waals surface area contributed by atoms with Crippen molar-refractivity contribution in [3.05, 3.63) is 23.8 Å². The van der Waals surface area contributed by atoms with Crippen LogP contribution in [0, 0.1) is 6.92 Å². The topological polar surface area (TPSA) is 44.7 Å². The number of hydrogen-bond acceptors (Lipinski definition) is 4. The molecule has 1 aromatic rings. The van der Waals surface area contributed by atoms with Gasteiger partial charge in [0, 0.05) is 32.3 Å². The fraction of sp³-hybridized carbons (Fsp3) is 0.571. The van der Waals surface area contributed by atoms with Gasteiger partial charge in [0.05, 0.1) is 12.8 Å². The third kappa shape index (κ3) is 2.94. The van der Waals surface area contributed by atoms with Crippen LogP contribution in [0.4, 0.5) is 5.69 Å². The summed E-state index contributed by atoms with van der Waals surface area (Å²) in [5, 5.41) is 12.5. The highest BCUT2D eigenvalue weighted by atomic mass is 16.5. The standard InChI is InChI=1S/C14H22N2O2/c1-11-3-4-14(18-2)13(9-11)16-7-6-15-12(10-16)5-8-17/h3-4,9,12,15,17H,5-8,10H2,1-2H3. The average molecular weight is 250 g/mol. The maximum Gasteiger partial charge on any atom is 0.142 e. The molecule has 4 nitrogen and oxygen atoms in total. The summed E-state index contributed by atoms with van der Waals surface area (Å²) in [5.74, 6) is 0.922. The molecule has 0 bridgehead atoms. The van der Waals surface area contributed by atoms with Crippen LogP contribution in [-0.4, -0.2) is 44.5 Å². The van der Waals surface area contributed by atoms with Crippen molar-refractivity contribution in [1.82, 2.24) is 5.32 Å². The van der Waals surface area contributed by atoms with Crippen molar-refractivity contribution < 1.29 is 9.84 Å². The number of piperazine rings is 1. The zero-order valence-electron chi connectivity index (χ0n) is 11.1. The number of anilines is 1. The molecule has 18 heavy (non-hydrogen) atoms. The predicted molar refractivity (Wildman–Crippen MR) is 73.4 cm³/mol. The quantitative estimate of drug-likeness (QED) is 0.842. The van der Waals surface area contributed by atoms with Gasteiger partial charge in [0.2, 0.25) is 0 Å². The van der Waals surface area contributed by atoms with Crippen LogP contribution in [0.1, 0.15) is 12.0 Å². The summed E-state index contributed by atoms with van der Waals surface area (Å²) in [6.07, 6.45) is 0.796. The molecular formula is C14H22N2O2. The largest absolute Gasteiger partial charge is 0.495 e. The Morgan fingerprint density at radius 3 is 3.06 bits per heavy atom. The van der Waals surface area contributed by atoms with E-state index >= 15 is 0 Å². The van der Waals surface area contributed by atoms with Gasteiger partial charge >= 0.3 is 0 Å². The van der Waals surface area contributed by atoms with Gasteiger partial charge in [-0.1, -0.05) is 6.07 Å². The van der Waals surface area contributed by atoms with E-state index in [2.05, 4.69) is 29.3 Å². The SMILES string of the molecule is COc1ccc(C)cc1N1CCNC(CCO)C1. The summed E-state index contributed by atoms with van der Waals surface area (Å²) in [6.45, 7) is 5.16. The highest BCUT2D eigenvalue weighted by Crippen LogP contribution is 2.30. The summed E-state index contributed by atoms with van der Waals surface area (Å²) >= 11 is 0. The maximum absolute atomic E-state index is 9.04. The number of benzene rings is 1. The van der Waals surface area contributed by atoms with Gasteiger partial charge in [0.15, 0.2) is 0 Å². The van der Waals surface area contributed by atoms with E-state index in [0.29, 0.717) is 6.04 Å².